The lowest BCUT2D eigenvalue weighted by Gasteiger charge is -2.47. The largest absolute Gasteiger partial charge is 0.375 e. The molecule has 14 heavy (non-hydrogen) atoms. The SMILES string of the molecule is C[C@H]1CCN(C2(C#N)COC2)C[C@H]1F. The van der Waals surface area contributed by atoms with Crippen LogP contribution in [0.25, 0.3) is 0 Å². The Kier molecular flexibility index (Phi) is 2.46. The summed E-state index contributed by atoms with van der Waals surface area (Å²) in [5, 5.41) is 9.05. The van der Waals surface area contributed by atoms with E-state index in [2.05, 4.69) is 6.07 Å². The molecule has 0 saturated carbocycles. The lowest BCUT2D eigenvalue weighted by atomic mass is 9.90. The van der Waals surface area contributed by atoms with Crippen LogP contribution < -0.4 is 0 Å². The minimum Gasteiger partial charge on any atom is -0.375 e. The molecule has 2 aliphatic rings. The first-order valence-electron chi connectivity index (χ1n) is 5.06. The zero-order valence-corrected chi connectivity index (χ0v) is 8.37. The molecule has 0 aromatic rings. The van der Waals surface area contributed by atoms with Crippen LogP contribution in [-0.4, -0.2) is 42.9 Å². The summed E-state index contributed by atoms with van der Waals surface area (Å²) in [6.07, 6.45) is 0.0412. The van der Waals surface area contributed by atoms with Gasteiger partial charge in [0.05, 0.1) is 19.3 Å². The van der Waals surface area contributed by atoms with Crippen molar-refractivity contribution in [2.24, 2.45) is 5.92 Å². The van der Waals surface area contributed by atoms with Crippen LogP contribution >= 0.6 is 0 Å². The first-order valence-corrected chi connectivity index (χ1v) is 5.06. The van der Waals surface area contributed by atoms with Gasteiger partial charge in [-0.1, -0.05) is 6.92 Å². The van der Waals surface area contributed by atoms with Gasteiger partial charge in [0.15, 0.2) is 5.54 Å². The molecular formula is C10H15FN2O. The number of halogens is 1. The van der Waals surface area contributed by atoms with Gasteiger partial charge < -0.3 is 4.74 Å². The van der Waals surface area contributed by atoms with E-state index in [0.29, 0.717) is 19.8 Å². The zero-order valence-electron chi connectivity index (χ0n) is 8.37. The van der Waals surface area contributed by atoms with Crippen molar-refractivity contribution >= 4 is 0 Å². The fourth-order valence-corrected chi connectivity index (χ4v) is 2.02. The van der Waals surface area contributed by atoms with Gasteiger partial charge in [-0.25, -0.2) is 4.39 Å². The Morgan fingerprint density at radius 1 is 1.57 bits per heavy atom. The first-order chi connectivity index (χ1) is 6.68. The molecule has 0 aromatic heterocycles. The molecule has 2 atom stereocenters. The van der Waals surface area contributed by atoms with Gasteiger partial charge >= 0.3 is 0 Å². The molecule has 2 fully saturated rings. The molecule has 0 amide bonds. The lowest BCUT2D eigenvalue weighted by molar-refractivity contribution is -0.125. The number of piperidine rings is 1. The van der Waals surface area contributed by atoms with E-state index in [0.717, 1.165) is 13.0 Å². The van der Waals surface area contributed by atoms with E-state index >= 15 is 0 Å². The Hall–Kier alpha value is -0.660. The van der Waals surface area contributed by atoms with Crippen LogP contribution in [0.4, 0.5) is 4.39 Å². The second-order valence-corrected chi connectivity index (χ2v) is 4.36. The van der Waals surface area contributed by atoms with Crippen LogP contribution in [-0.2, 0) is 4.74 Å². The topological polar surface area (TPSA) is 36.3 Å². The highest BCUT2D eigenvalue weighted by Gasteiger charge is 2.47. The first kappa shape index (κ1) is 9.88. The summed E-state index contributed by atoms with van der Waals surface area (Å²) < 4.78 is 18.5. The fourth-order valence-electron chi connectivity index (χ4n) is 2.02. The number of hydrogen-bond acceptors (Lipinski definition) is 3. The Balaban J connectivity index is 2.02. The molecule has 0 spiro atoms. The quantitative estimate of drug-likeness (QED) is 0.629. The standard InChI is InChI=1S/C10H15FN2O/c1-8-2-3-13(4-9(8)11)10(5-12)6-14-7-10/h8-9H,2-4,6-7H2,1H3/t8-,9+/m0/s1. The summed E-state index contributed by atoms with van der Waals surface area (Å²) in [5.74, 6) is 0.128. The van der Waals surface area contributed by atoms with Gasteiger partial charge in [0.25, 0.3) is 0 Å². The Bertz CT molecular complexity index is 259. The van der Waals surface area contributed by atoms with Gasteiger partial charge in [-0.2, -0.15) is 5.26 Å². The summed E-state index contributed by atoms with van der Waals surface area (Å²) in [4.78, 5) is 1.95. The van der Waals surface area contributed by atoms with Crippen LogP contribution in [0, 0.1) is 17.2 Å². The number of alkyl halides is 1. The van der Waals surface area contributed by atoms with Gasteiger partial charge in [0, 0.05) is 13.1 Å². The summed E-state index contributed by atoms with van der Waals surface area (Å²) in [6.45, 7) is 4.00. The molecule has 2 aliphatic heterocycles. The summed E-state index contributed by atoms with van der Waals surface area (Å²) in [6, 6.07) is 2.25. The molecule has 3 nitrogen and oxygen atoms in total. The summed E-state index contributed by atoms with van der Waals surface area (Å²) >= 11 is 0. The van der Waals surface area contributed by atoms with Gasteiger partial charge in [-0.05, 0) is 12.3 Å². The molecule has 2 rings (SSSR count). The van der Waals surface area contributed by atoms with E-state index in [1.165, 1.54) is 0 Å². The highest BCUT2D eigenvalue weighted by molar-refractivity contribution is 5.14. The van der Waals surface area contributed by atoms with Crippen molar-refractivity contribution in [3.63, 3.8) is 0 Å². The highest BCUT2D eigenvalue weighted by Crippen LogP contribution is 2.30. The van der Waals surface area contributed by atoms with Gasteiger partial charge in [0.2, 0.25) is 0 Å². The maximum atomic E-state index is 13.5. The lowest BCUT2D eigenvalue weighted by Crippen LogP contribution is -2.64. The monoisotopic (exact) mass is 198 g/mol. The van der Waals surface area contributed by atoms with Crippen molar-refractivity contribution in [3.05, 3.63) is 0 Å². The van der Waals surface area contributed by atoms with Crippen LogP contribution in [0.2, 0.25) is 0 Å². The molecule has 0 bridgehead atoms. The van der Waals surface area contributed by atoms with Crippen molar-refractivity contribution in [1.29, 1.82) is 5.26 Å². The number of rotatable bonds is 1. The van der Waals surface area contributed by atoms with Gasteiger partial charge in [-0.15, -0.1) is 0 Å². The molecule has 0 radical (unpaired) electrons. The number of nitrogens with zero attached hydrogens (tertiary/aromatic N) is 2. The van der Waals surface area contributed by atoms with Crippen molar-refractivity contribution in [1.82, 2.24) is 4.90 Å². The maximum absolute atomic E-state index is 13.5. The van der Waals surface area contributed by atoms with Gasteiger partial charge in [0.1, 0.15) is 6.17 Å². The minimum atomic E-state index is -0.797. The Morgan fingerprint density at radius 3 is 2.71 bits per heavy atom. The normalized spacial score (nSPS) is 37.2. The molecule has 0 unspecified atom stereocenters. The summed E-state index contributed by atoms with van der Waals surface area (Å²) in [7, 11) is 0. The van der Waals surface area contributed by atoms with Crippen molar-refractivity contribution in [3.8, 4) is 6.07 Å². The maximum Gasteiger partial charge on any atom is 0.156 e. The average Bonchev–Trinajstić information content (AvgIpc) is 2.10. The van der Waals surface area contributed by atoms with E-state index in [-0.39, 0.29) is 5.92 Å². The molecule has 78 valence electrons. The number of hydrogen-bond donors (Lipinski definition) is 0. The second-order valence-electron chi connectivity index (χ2n) is 4.36. The van der Waals surface area contributed by atoms with Crippen molar-refractivity contribution in [2.75, 3.05) is 26.3 Å². The van der Waals surface area contributed by atoms with E-state index < -0.39 is 11.7 Å². The average molecular weight is 198 g/mol. The smallest absolute Gasteiger partial charge is 0.156 e. The number of likely N-dealkylation sites (tertiary alicyclic amines) is 1. The molecule has 0 N–H and O–H groups in total. The molecular weight excluding hydrogens is 183 g/mol. The van der Waals surface area contributed by atoms with Crippen LogP contribution in [0.5, 0.6) is 0 Å². The van der Waals surface area contributed by atoms with Crippen LogP contribution in [0.15, 0.2) is 0 Å². The molecule has 0 aliphatic carbocycles. The second kappa shape index (κ2) is 3.48. The van der Waals surface area contributed by atoms with Crippen molar-refractivity contribution < 1.29 is 9.13 Å². The molecule has 2 heterocycles. The third-order valence-electron chi connectivity index (χ3n) is 3.36. The van der Waals surface area contributed by atoms with Crippen LogP contribution in [0.1, 0.15) is 13.3 Å². The van der Waals surface area contributed by atoms with Gasteiger partial charge in [-0.3, -0.25) is 4.90 Å². The van der Waals surface area contributed by atoms with Crippen molar-refractivity contribution in [2.45, 2.75) is 25.1 Å². The highest BCUT2D eigenvalue weighted by atomic mass is 19.1. The fraction of sp³-hybridized carbons (Fsp3) is 0.900. The minimum absolute atomic E-state index is 0.128. The van der Waals surface area contributed by atoms with E-state index in [4.69, 9.17) is 10.00 Å². The van der Waals surface area contributed by atoms with Crippen LogP contribution in [0.3, 0.4) is 0 Å². The molecule has 0 aromatic carbocycles. The molecule has 4 heteroatoms. The number of ether oxygens (including phenoxy) is 1. The predicted molar refractivity (Wildman–Crippen MR) is 49.4 cm³/mol. The van der Waals surface area contributed by atoms with E-state index in [9.17, 15) is 4.39 Å². The zero-order chi connectivity index (χ0) is 10.2. The van der Waals surface area contributed by atoms with E-state index in [1.807, 2.05) is 11.8 Å². The molecule has 2 saturated heterocycles. The third-order valence-corrected chi connectivity index (χ3v) is 3.36. The summed E-state index contributed by atoms with van der Waals surface area (Å²) in [5.41, 5.74) is -0.523. The predicted octanol–water partition coefficient (Wildman–Crippen LogP) is 0.959. The number of nitriles is 1. The van der Waals surface area contributed by atoms with E-state index in [1.54, 1.807) is 0 Å². The Labute approximate surface area is 83.4 Å². The third kappa shape index (κ3) is 1.41. The Morgan fingerprint density at radius 2 is 2.29 bits per heavy atom.